The van der Waals surface area contributed by atoms with Crippen molar-refractivity contribution in [3.05, 3.63) is 47.5 Å². The predicted octanol–water partition coefficient (Wildman–Crippen LogP) is 4.50. The fraction of sp³-hybridized carbons (Fsp3) is 0.294. The van der Waals surface area contributed by atoms with Gasteiger partial charge in [-0.3, -0.25) is 0 Å². The molecule has 0 amide bonds. The first-order valence-electron chi connectivity index (χ1n) is 6.51. The zero-order chi connectivity index (χ0) is 14.0. The largest absolute Gasteiger partial charge is 0.508 e. The Balaban J connectivity index is 2.60. The molecule has 0 spiro atoms. The summed E-state index contributed by atoms with van der Waals surface area (Å²) in [4.78, 5) is 0. The molecule has 0 fully saturated rings. The summed E-state index contributed by atoms with van der Waals surface area (Å²) in [6, 6.07) is 11.9. The molecule has 2 heteroatoms. The maximum Gasteiger partial charge on any atom is 0.119 e. The fourth-order valence-corrected chi connectivity index (χ4v) is 2.24. The van der Waals surface area contributed by atoms with Crippen LogP contribution < -0.4 is 4.74 Å². The number of benzene rings is 2. The lowest BCUT2D eigenvalue weighted by Crippen LogP contribution is -1.94. The number of ether oxygens (including phenoxy) is 1. The predicted molar refractivity (Wildman–Crippen MR) is 78.9 cm³/mol. The van der Waals surface area contributed by atoms with E-state index in [2.05, 4.69) is 26.0 Å². The SMILES string of the molecule is COc1ccc(C(C)C)c(-c2ccc(O)c(C)c2)c1. The van der Waals surface area contributed by atoms with Crippen LogP contribution >= 0.6 is 0 Å². The van der Waals surface area contributed by atoms with E-state index in [1.165, 1.54) is 5.56 Å². The van der Waals surface area contributed by atoms with Gasteiger partial charge in [-0.05, 0) is 59.4 Å². The number of phenolic OH excluding ortho intramolecular Hbond substituents is 1. The first-order chi connectivity index (χ1) is 9.02. The summed E-state index contributed by atoms with van der Waals surface area (Å²) in [6.07, 6.45) is 0. The van der Waals surface area contributed by atoms with E-state index in [0.29, 0.717) is 11.7 Å². The number of aryl methyl sites for hydroxylation is 1. The van der Waals surface area contributed by atoms with Gasteiger partial charge in [0.2, 0.25) is 0 Å². The number of phenols is 1. The second kappa shape index (κ2) is 5.35. The van der Waals surface area contributed by atoms with Gasteiger partial charge in [-0.1, -0.05) is 26.0 Å². The van der Waals surface area contributed by atoms with Crippen LogP contribution in [0.4, 0.5) is 0 Å². The lowest BCUT2D eigenvalue weighted by molar-refractivity contribution is 0.415. The minimum absolute atomic E-state index is 0.331. The monoisotopic (exact) mass is 256 g/mol. The van der Waals surface area contributed by atoms with Gasteiger partial charge in [0.1, 0.15) is 11.5 Å². The quantitative estimate of drug-likeness (QED) is 0.876. The minimum atomic E-state index is 0.331. The standard InChI is InChI=1S/C17H20O2/c1-11(2)15-7-6-14(19-4)10-16(15)13-5-8-17(18)12(3)9-13/h5-11,18H,1-4H3. The molecule has 0 unspecified atom stereocenters. The van der Waals surface area contributed by atoms with Gasteiger partial charge < -0.3 is 9.84 Å². The van der Waals surface area contributed by atoms with E-state index in [9.17, 15) is 5.11 Å². The van der Waals surface area contributed by atoms with Crippen LogP contribution in [0.25, 0.3) is 11.1 Å². The Morgan fingerprint density at radius 3 is 2.37 bits per heavy atom. The first-order valence-corrected chi connectivity index (χ1v) is 6.51. The number of aromatic hydroxyl groups is 1. The molecular formula is C17H20O2. The molecule has 2 aromatic rings. The van der Waals surface area contributed by atoms with Crippen LogP contribution in [0, 0.1) is 6.92 Å². The summed E-state index contributed by atoms with van der Waals surface area (Å²) in [7, 11) is 1.68. The van der Waals surface area contributed by atoms with Crippen molar-refractivity contribution in [3.8, 4) is 22.6 Å². The number of methoxy groups -OCH3 is 1. The van der Waals surface area contributed by atoms with Crippen LogP contribution in [0.2, 0.25) is 0 Å². The average Bonchev–Trinajstić information content (AvgIpc) is 2.41. The lowest BCUT2D eigenvalue weighted by Gasteiger charge is -2.15. The number of hydrogen-bond acceptors (Lipinski definition) is 2. The van der Waals surface area contributed by atoms with Gasteiger partial charge in [-0.2, -0.15) is 0 Å². The second-order valence-electron chi connectivity index (χ2n) is 5.11. The number of hydrogen-bond donors (Lipinski definition) is 1. The van der Waals surface area contributed by atoms with Crippen LogP contribution in [0.15, 0.2) is 36.4 Å². The summed E-state index contributed by atoms with van der Waals surface area (Å²) >= 11 is 0. The lowest BCUT2D eigenvalue weighted by atomic mass is 9.91. The zero-order valence-electron chi connectivity index (χ0n) is 11.9. The van der Waals surface area contributed by atoms with Crippen molar-refractivity contribution in [2.75, 3.05) is 7.11 Å². The van der Waals surface area contributed by atoms with Crippen LogP contribution in [-0.4, -0.2) is 12.2 Å². The van der Waals surface area contributed by atoms with Gasteiger partial charge in [0.05, 0.1) is 7.11 Å². The zero-order valence-corrected chi connectivity index (χ0v) is 11.9. The molecule has 0 aliphatic rings. The highest BCUT2D eigenvalue weighted by atomic mass is 16.5. The van der Waals surface area contributed by atoms with E-state index < -0.39 is 0 Å². The summed E-state index contributed by atoms with van der Waals surface area (Å²) in [6.45, 7) is 6.27. The molecule has 19 heavy (non-hydrogen) atoms. The van der Waals surface area contributed by atoms with E-state index in [0.717, 1.165) is 22.4 Å². The third kappa shape index (κ3) is 2.73. The molecule has 0 aliphatic carbocycles. The fourth-order valence-electron chi connectivity index (χ4n) is 2.24. The molecule has 1 N–H and O–H groups in total. The first kappa shape index (κ1) is 13.5. The van der Waals surface area contributed by atoms with Gasteiger partial charge in [-0.25, -0.2) is 0 Å². The molecule has 100 valence electrons. The normalized spacial score (nSPS) is 10.8. The topological polar surface area (TPSA) is 29.5 Å². The summed E-state index contributed by atoms with van der Waals surface area (Å²) in [5, 5.41) is 9.65. The Bertz CT molecular complexity index is 586. The van der Waals surface area contributed by atoms with Crippen molar-refractivity contribution in [1.82, 2.24) is 0 Å². The van der Waals surface area contributed by atoms with E-state index >= 15 is 0 Å². The highest BCUT2D eigenvalue weighted by Gasteiger charge is 2.11. The average molecular weight is 256 g/mol. The Kier molecular flexibility index (Phi) is 3.79. The highest BCUT2D eigenvalue weighted by Crippen LogP contribution is 2.34. The van der Waals surface area contributed by atoms with Crippen molar-refractivity contribution >= 4 is 0 Å². The Morgan fingerprint density at radius 2 is 1.79 bits per heavy atom. The van der Waals surface area contributed by atoms with E-state index in [4.69, 9.17) is 4.74 Å². The Hall–Kier alpha value is -1.96. The Morgan fingerprint density at radius 1 is 1.05 bits per heavy atom. The molecule has 0 saturated carbocycles. The van der Waals surface area contributed by atoms with Crippen LogP contribution in [0.1, 0.15) is 30.9 Å². The molecule has 2 rings (SSSR count). The molecule has 0 aliphatic heterocycles. The van der Waals surface area contributed by atoms with Crippen molar-refractivity contribution in [3.63, 3.8) is 0 Å². The van der Waals surface area contributed by atoms with E-state index in [1.807, 2.05) is 25.1 Å². The third-order valence-electron chi connectivity index (χ3n) is 3.39. The molecule has 0 aromatic heterocycles. The van der Waals surface area contributed by atoms with Gasteiger partial charge in [0, 0.05) is 0 Å². The van der Waals surface area contributed by atoms with E-state index in [-0.39, 0.29) is 0 Å². The molecular weight excluding hydrogens is 236 g/mol. The van der Waals surface area contributed by atoms with Gasteiger partial charge >= 0.3 is 0 Å². The number of rotatable bonds is 3. The van der Waals surface area contributed by atoms with E-state index in [1.54, 1.807) is 13.2 Å². The summed E-state index contributed by atoms with van der Waals surface area (Å²) in [5.74, 6) is 1.62. The third-order valence-corrected chi connectivity index (χ3v) is 3.39. The minimum Gasteiger partial charge on any atom is -0.508 e. The van der Waals surface area contributed by atoms with Crippen LogP contribution in [-0.2, 0) is 0 Å². The second-order valence-corrected chi connectivity index (χ2v) is 5.11. The van der Waals surface area contributed by atoms with Crippen molar-refractivity contribution in [2.45, 2.75) is 26.7 Å². The summed E-state index contributed by atoms with van der Waals surface area (Å²) < 4.78 is 5.32. The molecule has 0 bridgehead atoms. The van der Waals surface area contributed by atoms with Crippen molar-refractivity contribution in [2.24, 2.45) is 0 Å². The molecule has 0 saturated heterocycles. The van der Waals surface area contributed by atoms with Gasteiger partial charge in [0.25, 0.3) is 0 Å². The smallest absolute Gasteiger partial charge is 0.119 e. The molecule has 0 heterocycles. The molecule has 2 aromatic carbocycles. The molecule has 2 nitrogen and oxygen atoms in total. The Labute approximate surface area is 114 Å². The highest BCUT2D eigenvalue weighted by molar-refractivity contribution is 5.71. The maximum absolute atomic E-state index is 9.65. The van der Waals surface area contributed by atoms with Crippen molar-refractivity contribution < 1.29 is 9.84 Å². The van der Waals surface area contributed by atoms with Gasteiger partial charge in [-0.15, -0.1) is 0 Å². The van der Waals surface area contributed by atoms with Crippen LogP contribution in [0.3, 0.4) is 0 Å². The summed E-state index contributed by atoms with van der Waals surface area (Å²) in [5.41, 5.74) is 4.44. The van der Waals surface area contributed by atoms with Gasteiger partial charge in [0.15, 0.2) is 0 Å². The molecule has 0 atom stereocenters. The maximum atomic E-state index is 9.65. The van der Waals surface area contributed by atoms with Crippen LogP contribution in [0.5, 0.6) is 11.5 Å². The van der Waals surface area contributed by atoms with Crippen molar-refractivity contribution in [1.29, 1.82) is 0 Å². The molecule has 0 radical (unpaired) electrons.